The number of carbonyl (C=O) groups excluding carboxylic acids is 1. The second-order valence-corrected chi connectivity index (χ2v) is 5.22. The molecule has 19 heavy (non-hydrogen) atoms. The highest BCUT2D eigenvalue weighted by molar-refractivity contribution is 7.91. The average Bonchev–Trinajstić information content (AvgIpc) is 2.28. The molecule has 0 spiro atoms. The molecule has 7 nitrogen and oxygen atoms in total. The molecular formula is C11H17N3O4S. The van der Waals surface area contributed by atoms with Crippen LogP contribution >= 0.6 is 0 Å². The van der Waals surface area contributed by atoms with Crippen LogP contribution < -0.4 is 15.2 Å². The van der Waals surface area contributed by atoms with E-state index in [-0.39, 0.29) is 12.6 Å². The van der Waals surface area contributed by atoms with E-state index in [1.807, 2.05) is 0 Å². The molecule has 1 aromatic carbocycles. The highest BCUT2D eigenvalue weighted by Gasteiger charge is 2.17. The number of hydrogen-bond acceptors (Lipinski definition) is 5. The molecule has 0 saturated heterocycles. The van der Waals surface area contributed by atoms with Crippen molar-refractivity contribution in [3.05, 3.63) is 29.8 Å². The molecule has 1 unspecified atom stereocenters. The van der Waals surface area contributed by atoms with Crippen molar-refractivity contribution in [2.45, 2.75) is 19.9 Å². The summed E-state index contributed by atoms with van der Waals surface area (Å²) in [5, 5.41) is 0. The third-order valence-corrected chi connectivity index (χ3v) is 3.11. The molecule has 1 atom stereocenters. The minimum Gasteiger partial charge on any atom is -0.449 e. The van der Waals surface area contributed by atoms with E-state index in [1.54, 1.807) is 42.8 Å². The zero-order chi connectivity index (χ0) is 14.5. The predicted octanol–water partition coefficient (Wildman–Crippen LogP) is 1.11. The van der Waals surface area contributed by atoms with Crippen molar-refractivity contribution >= 4 is 22.0 Å². The topological polar surface area (TPSA) is 111 Å². The summed E-state index contributed by atoms with van der Waals surface area (Å²) in [5.74, 6) is 0. The lowest BCUT2D eigenvalue weighted by molar-refractivity contribution is 0.159. The fourth-order valence-corrected chi connectivity index (χ4v) is 2.23. The van der Waals surface area contributed by atoms with Crippen molar-refractivity contribution in [1.82, 2.24) is 4.72 Å². The minimum atomic E-state index is -4.04. The van der Waals surface area contributed by atoms with Crippen LogP contribution in [-0.4, -0.2) is 21.1 Å². The molecule has 8 heteroatoms. The van der Waals surface area contributed by atoms with Crippen LogP contribution in [0.4, 0.5) is 10.5 Å². The number of amides is 1. The molecule has 0 aliphatic heterocycles. The largest absolute Gasteiger partial charge is 0.449 e. The molecule has 0 saturated carbocycles. The van der Waals surface area contributed by atoms with Crippen molar-refractivity contribution in [3.8, 4) is 0 Å². The number of hydrogen-bond donors (Lipinski definition) is 3. The first-order chi connectivity index (χ1) is 8.85. The van der Waals surface area contributed by atoms with Crippen molar-refractivity contribution in [3.63, 3.8) is 0 Å². The number of para-hydroxylation sites is 1. The summed E-state index contributed by atoms with van der Waals surface area (Å²) in [7, 11) is -4.04. The Morgan fingerprint density at radius 2 is 2.05 bits per heavy atom. The maximum Gasteiger partial charge on any atom is 0.422 e. The number of carbonyl (C=O) groups is 1. The van der Waals surface area contributed by atoms with E-state index in [2.05, 4.69) is 9.46 Å². The third kappa shape index (κ3) is 4.76. The Morgan fingerprint density at radius 3 is 2.63 bits per heavy atom. The van der Waals surface area contributed by atoms with Gasteiger partial charge >= 0.3 is 16.3 Å². The van der Waals surface area contributed by atoms with Gasteiger partial charge in [-0.25, -0.2) is 9.52 Å². The molecule has 106 valence electrons. The van der Waals surface area contributed by atoms with E-state index >= 15 is 0 Å². The summed E-state index contributed by atoms with van der Waals surface area (Å²) in [5.41, 5.74) is 6.67. The van der Waals surface area contributed by atoms with Crippen LogP contribution in [0.5, 0.6) is 0 Å². The molecular weight excluding hydrogens is 270 g/mol. The van der Waals surface area contributed by atoms with Gasteiger partial charge in [-0.1, -0.05) is 18.2 Å². The fourth-order valence-electron chi connectivity index (χ4n) is 1.43. The fraction of sp³-hybridized carbons (Fsp3) is 0.364. The van der Waals surface area contributed by atoms with E-state index in [0.29, 0.717) is 11.3 Å². The van der Waals surface area contributed by atoms with E-state index in [9.17, 15) is 13.2 Å². The van der Waals surface area contributed by atoms with Crippen molar-refractivity contribution < 1.29 is 17.9 Å². The Kier molecular flexibility index (Phi) is 5.13. The van der Waals surface area contributed by atoms with Crippen molar-refractivity contribution in [2.24, 2.45) is 5.73 Å². The predicted molar refractivity (Wildman–Crippen MR) is 71.7 cm³/mol. The lowest BCUT2D eigenvalue weighted by atomic mass is 10.1. The number of benzene rings is 1. The zero-order valence-corrected chi connectivity index (χ0v) is 11.5. The summed E-state index contributed by atoms with van der Waals surface area (Å²) in [4.78, 5) is 11.1. The second kappa shape index (κ2) is 6.39. The lowest BCUT2D eigenvalue weighted by Crippen LogP contribution is -2.36. The molecule has 0 aliphatic carbocycles. The first-order valence-corrected chi connectivity index (χ1v) is 7.16. The first kappa shape index (κ1) is 15.3. The number of nitrogens with one attached hydrogen (secondary N) is 2. The highest BCUT2D eigenvalue weighted by Crippen LogP contribution is 2.21. The van der Waals surface area contributed by atoms with Gasteiger partial charge in [-0.3, -0.25) is 4.72 Å². The molecule has 0 heterocycles. The summed E-state index contributed by atoms with van der Waals surface area (Å²) in [6, 6.07) is 6.32. The molecule has 1 aromatic rings. The van der Waals surface area contributed by atoms with Gasteiger partial charge in [0.25, 0.3) is 0 Å². The molecule has 0 radical (unpaired) electrons. The Morgan fingerprint density at radius 1 is 1.42 bits per heavy atom. The van der Waals surface area contributed by atoms with Crippen molar-refractivity contribution in [2.75, 3.05) is 11.3 Å². The Bertz CT molecular complexity index is 543. The van der Waals surface area contributed by atoms with E-state index in [1.165, 1.54) is 0 Å². The van der Waals surface area contributed by atoms with Gasteiger partial charge in [-0.05, 0) is 25.5 Å². The monoisotopic (exact) mass is 287 g/mol. The van der Waals surface area contributed by atoms with Crippen LogP contribution in [0, 0.1) is 0 Å². The molecule has 1 rings (SSSR count). The highest BCUT2D eigenvalue weighted by atomic mass is 32.2. The van der Waals surface area contributed by atoms with E-state index < -0.39 is 16.3 Å². The number of anilines is 1. The van der Waals surface area contributed by atoms with Gasteiger partial charge in [0, 0.05) is 6.04 Å². The van der Waals surface area contributed by atoms with Crippen LogP contribution in [0.25, 0.3) is 0 Å². The normalized spacial score (nSPS) is 12.6. The Hall–Kier alpha value is -1.80. The Balaban J connectivity index is 2.87. The number of nitrogens with two attached hydrogens (primary N) is 1. The van der Waals surface area contributed by atoms with Gasteiger partial charge in [-0.2, -0.15) is 8.42 Å². The van der Waals surface area contributed by atoms with Gasteiger partial charge in [0.05, 0.1) is 12.3 Å². The van der Waals surface area contributed by atoms with Gasteiger partial charge in [0.1, 0.15) is 0 Å². The zero-order valence-electron chi connectivity index (χ0n) is 10.7. The summed E-state index contributed by atoms with van der Waals surface area (Å²) in [6.07, 6.45) is -1.03. The second-order valence-electron chi connectivity index (χ2n) is 3.80. The molecule has 1 amide bonds. The smallest absolute Gasteiger partial charge is 0.422 e. The van der Waals surface area contributed by atoms with E-state index in [0.717, 1.165) is 0 Å². The SMILES string of the molecule is CCOC(=O)NS(=O)(=O)Nc1ccccc1C(C)N. The molecule has 0 fully saturated rings. The molecule has 0 aromatic heterocycles. The maximum atomic E-state index is 11.7. The molecule has 0 aliphatic rings. The average molecular weight is 287 g/mol. The third-order valence-electron chi connectivity index (χ3n) is 2.19. The van der Waals surface area contributed by atoms with Gasteiger partial charge in [-0.15, -0.1) is 0 Å². The Labute approximate surface area is 112 Å². The van der Waals surface area contributed by atoms with Crippen LogP contribution in [0.15, 0.2) is 24.3 Å². The number of rotatable bonds is 5. The first-order valence-electron chi connectivity index (χ1n) is 5.67. The number of ether oxygens (including phenoxy) is 1. The van der Waals surface area contributed by atoms with Crippen molar-refractivity contribution in [1.29, 1.82) is 0 Å². The summed E-state index contributed by atoms with van der Waals surface area (Å²) < 4.78 is 31.9. The van der Waals surface area contributed by atoms with Crippen LogP contribution in [-0.2, 0) is 14.9 Å². The standard InChI is InChI=1S/C11H17N3O4S/c1-3-18-11(15)14-19(16,17)13-10-7-5-4-6-9(10)8(2)12/h4-8,13H,3,12H2,1-2H3,(H,14,15). The van der Waals surface area contributed by atoms with Crippen LogP contribution in [0.2, 0.25) is 0 Å². The molecule has 0 bridgehead atoms. The molecule has 4 N–H and O–H groups in total. The van der Waals surface area contributed by atoms with Gasteiger partial charge in [0.15, 0.2) is 0 Å². The van der Waals surface area contributed by atoms with Gasteiger partial charge in [0.2, 0.25) is 0 Å². The summed E-state index contributed by atoms with van der Waals surface area (Å²) in [6.45, 7) is 3.38. The minimum absolute atomic E-state index is 0.0811. The van der Waals surface area contributed by atoms with Gasteiger partial charge < -0.3 is 10.5 Å². The quantitative estimate of drug-likeness (QED) is 0.751. The van der Waals surface area contributed by atoms with Crippen LogP contribution in [0.3, 0.4) is 0 Å². The van der Waals surface area contributed by atoms with E-state index in [4.69, 9.17) is 5.73 Å². The maximum absolute atomic E-state index is 11.7. The van der Waals surface area contributed by atoms with Crippen LogP contribution in [0.1, 0.15) is 25.5 Å². The lowest BCUT2D eigenvalue weighted by Gasteiger charge is -2.14. The summed E-state index contributed by atoms with van der Waals surface area (Å²) >= 11 is 0.